The summed E-state index contributed by atoms with van der Waals surface area (Å²) in [7, 11) is 0. The van der Waals surface area contributed by atoms with Crippen molar-refractivity contribution >= 4 is 18.0 Å². The smallest absolute Gasteiger partial charge is 0.407 e. The summed E-state index contributed by atoms with van der Waals surface area (Å²) in [4.78, 5) is 35.2. The number of amides is 2. The first-order valence-electron chi connectivity index (χ1n) is 10.7. The van der Waals surface area contributed by atoms with Crippen LogP contribution in [0.15, 0.2) is 48.5 Å². The summed E-state index contributed by atoms with van der Waals surface area (Å²) in [6.45, 7) is 0.253. The molecule has 0 aliphatic heterocycles. The van der Waals surface area contributed by atoms with Gasteiger partial charge in [-0.1, -0.05) is 48.5 Å². The molecule has 0 heterocycles. The van der Waals surface area contributed by atoms with Gasteiger partial charge in [0.2, 0.25) is 5.91 Å². The third-order valence-corrected chi connectivity index (χ3v) is 6.09. The number of aliphatic hydroxyl groups is 1. The van der Waals surface area contributed by atoms with Crippen molar-refractivity contribution in [2.45, 2.75) is 43.2 Å². The second kappa shape index (κ2) is 9.00. The molecule has 2 aromatic rings. The summed E-state index contributed by atoms with van der Waals surface area (Å²) >= 11 is 0. The molecule has 1 unspecified atom stereocenters. The predicted molar refractivity (Wildman–Crippen MR) is 116 cm³/mol. The molecule has 1 saturated carbocycles. The quantitative estimate of drug-likeness (QED) is 0.477. The molecule has 0 spiro atoms. The lowest BCUT2D eigenvalue weighted by Crippen LogP contribution is -2.42. The number of alkyl carbamates (subject to hydrolysis) is 1. The van der Waals surface area contributed by atoms with Gasteiger partial charge in [0.15, 0.2) is 6.10 Å². The fourth-order valence-electron chi connectivity index (χ4n) is 4.19. The first-order chi connectivity index (χ1) is 15.4. The van der Waals surface area contributed by atoms with E-state index in [1.807, 2.05) is 24.3 Å². The number of fused-ring (bicyclic) bond motifs is 3. The Morgan fingerprint density at radius 3 is 2.19 bits per heavy atom. The van der Waals surface area contributed by atoms with Gasteiger partial charge in [-0.3, -0.25) is 4.79 Å². The first-order valence-corrected chi connectivity index (χ1v) is 10.7. The highest BCUT2D eigenvalue weighted by Gasteiger charge is 2.46. The van der Waals surface area contributed by atoms with Crippen LogP contribution in [0.5, 0.6) is 0 Å². The van der Waals surface area contributed by atoms with Crippen molar-refractivity contribution < 1.29 is 29.3 Å². The molecule has 1 atom stereocenters. The van der Waals surface area contributed by atoms with Gasteiger partial charge in [-0.25, -0.2) is 9.59 Å². The molecule has 168 valence electrons. The van der Waals surface area contributed by atoms with Crippen LogP contribution in [-0.2, 0) is 14.3 Å². The van der Waals surface area contributed by atoms with E-state index in [0.29, 0.717) is 12.8 Å². The van der Waals surface area contributed by atoms with E-state index in [9.17, 15) is 19.5 Å². The Morgan fingerprint density at radius 2 is 1.62 bits per heavy atom. The highest BCUT2D eigenvalue weighted by atomic mass is 16.5. The molecule has 8 nitrogen and oxygen atoms in total. The standard InChI is InChI=1S/C24H26N2O6/c27-20(22(29)30)9-12-25-21(28)13-24(10-11-24)26-23(31)32-14-19-17-7-3-1-5-15(17)16-6-2-4-8-18(16)19/h1-8,19-20,27H,9-14H2,(H,25,28)(H,26,31)(H,29,30). The zero-order chi connectivity index (χ0) is 22.7. The highest BCUT2D eigenvalue weighted by molar-refractivity contribution is 5.80. The molecule has 2 aliphatic rings. The van der Waals surface area contributed by atoms with Gasteiger partial charge in [0.25, 0.3) is 0 Å². The van der Waals surface area contributed by atoms with Gasteiger partial charge < -0.3 is 25.6 Å². The molecule has 2 amide bonds. The normalized spacial score (nSPS) is 16.4. The van der Waals surface area contributed by atoms with E-state index >= 15 is 0 Å². The van der Waals surface area contributed by atoms with Gasteiger partial charge in [-0.15, -0.1) is 0 Å². The lowest BCUT2D eigenvalue weighted by Gasteiger charge is -2.19. The molecular weight excluding hydrogens is 412 g/mol. The van der Waals surface area contributed by atoms with E-state index in [-0.39, 0.29) is 37.8 Å². The number of carbonyl (C=O) groups excluding carboxylic acids is 2. The van der Waals surface area contributed by atoms with E-state index in [1.54, 1.807) is 0 Å². The lowest BCUT2D eigenvalue weighted by atomic mass is 9.98. The maximum absolute atomic E-state index is 12.5. The Labute approximate surface area is 185 Å². The van der Waals surface area contributed by atoms with Crippen LogP contribution in [0.25, 0.3) is 11.1 Å². The maximum Gasteiger partial charge on any atom is 0.407 e. The molecule has 1 fully saturated rings. The zero-order valence-corrected chi connectivity index (χ0v) is 17.5. The zero-order valence-electron chi connectivity index (χ0n) is 17.5. The van der Waals surface area contributed by atoms with Crippen LogP contribution in [-0.4, -0.2) is 53.0 Å². The number of benzene rings is 2. The minimum atomic E-state index is -1.51. The van der Waals surface area contributed by atoms with Crippen LogP contribution in [0, 0.1) is 0 Å². The van der Waals surface area contributed by atoms with Crippen molar-refractivity contribution in [3.63, 3.8) is 0 Å². The average Bonchev–Trinajstić information content (AvgIpc) is 3.44. The van der Waals surface area contributed by atoms with Crippen LogP contribution < -0.4 is 10.6 Å². The summed E-state index contributed by atoms with van der Waals surface area (Å²) in [6, 6.07) is 16.2. The molecule has 2 aromatic carbocycles. The van der Waals surface area contributed by atoms with Gasteiger partial charge in [0.1, 0.15) is 6.61 Å². The van der Waals surface area contributed by atoms with Gasteiger partial charge in [-0.2, -0.15) is 0 Å². The summed E-state index contributed by atoms with van der Waals surface area (Å²) in [5.41, 5.74) is 3.94. The molecule has 0 bridgehead atoms. The molecular formula is C24H26N2O6. The number of carboxylic acids is 1. The molecule has 0 aromatic heterocycles. The average molecular weight is 438 g/mol. The second-order valence-electron chi connectivity index (χ2n) is 8.40. The number of carboxylic acid groups (broad SMARTS) is 1. The van der Waals surface area contributed by atoms with Crippen molar-refractivity contribution in [3.8, 4) is 11.1 Å². The summed E-state index contributed by atoms with van der Waals surface area (Å²) in [5.74, 6) is -1.67. The Balaban J connectivity index is 1.28. The minimum Gasteiger partial charge on any atom is -0.479 e. The Morgan fingerprint density at radius 1 is 1.03 bits per heavy atom. The largest absolute Gasteiger partial charge is 0.479 e. The maximum atomic E-state index is 12.5. The van der Waals surface area contributed by atoms with Crippen molar-refractivity contribution in [2.75, 3.05) is 13.2 Å². The Kier molecular flexibility index (Phi) is 6.14. The number of ether oxygens (including phenoxy) is 1. The summed E-state index contributed by atoms with van der Waals surface area (Å²) < 4.78 is 5.56. The first kappa shape index (κ1) is 21.8. The van der Waals surface area contributed by atoms with Crippen LogP contribution >= 0.6 is 0 Å². The fraction of sp³-hybridized carbons (Fsp3) is 0.375. The topological polar surface area (TPSA) is 125 Å². The molecule has 2 aliphatic carbocycles. The van der Waals surface area contributed by atoms with Gasteiger partial charge in [-0.05, 0) is 35.1 Å². The number of carbonyl (C=O) groups is 3. The SMILES string of the molecule is O=C(CC1(NC(=O)OCC2c3ccccc3-c3ccccc32)CC1)NCCC(O)C(=O)O. The molecule has 4 N–H and O–H groups in total. The van der Waals surface area contributed by atoms with Crippen molar-refractivity contribution in [3.05, 3.63) is 59.7 Å². The number of aliphatic carboxylic acids is 1. The van der Waals surface area contributed by atoms with E-state index in [2.05, 4.69) is 34.9 Å². The van der Waals surface area contributed by atoms with Crippen LogP contribution in [0.1, 0.15) is 42.7 Å². The third kappa shape index (κ3) is 4.75. The number of aliphatic hydroxyl groups excluding tert-OH is 1. The molecule has 0 saturated heterocycles. The van der Waals surface area contributed by atoms with Crippen LogP contribution in [0.3, 0.4) is 0 Å². The van der Waals surface area contributed by atoms with Crippen LogP contribution in [0.2, 0.25) is 0 Å². The number of nitrogens with one attached hydrogen (secondary N) is 2. The summed E-state index contributed by atoms with van der Waals surface area (Å²) in [5, 5.41) is 23.3. The van der Waals surface area contributed by atoms with Crippen molar-refractivity contribution in [1.29, 1.82) is 0 Å². The predicted octanol–water partition coefficient (Wildman–Crippen LogP) is 2.40. The number of rotatable bonds is 9. The monoisotopic (exact) mass is 438 g/mol. The highest BCUT2D eigenvalue weighted by Crippen LogP contribution is 2.44. The van der Waals surface area contributed by atoms with Crippen molar-refractivity contribution in [1.82, 2.24) is 10.6 Å². The number of hydrogen-bond acceptors (Lipinski definition) is 5. The minimum absolute atomic E-state index is 0.0349. The van der Waals surface area contributed by atoms with E-state index < -0.39 is 23.7 Å². The van der Waals surface area contributed by atoms with E-state index in [0.717, 1.165) is 22.3 Å². The van der Waals surface area contributed by atoms with Crippen molar-refractivity contribution in [2.24, 2.45) is 0 Å². The second-order valence-corrected chi connectivity index (χ2v) is 8.40. The van der Waals surface area contributed by atoms with Crippen LogP contribution in [0.4, 0.5) is 4.79 Å². The lowest BCUT2D eigenvalue weighted by molar-refractivity contribution is -0.147. The molecule has 4 rings (SSSR count). The summed E-state index contributed by atoms with van der Waals surface area (Å²) in [6.07, 6.45) is -0.721. The van der Waals surface area contributed by atoms with Gasteiger partial charge >= 0.3 is 12.1 Å². The van der Waals surface area contributed by atoms with Gasteiger partial charge in [0, 0.05) is 25.3 Å². The van der Waals surface area contributed by atoms with E-state index in [1.165, 1.54) is 0 Å². The molecule has 8 heteroatoms. The van der Waals surface area contributed by atoms with Gasteiger partial charge in [0.05, 0.1) is 5.54 Å². The molecule has 0 radical (unpaired) electrons. The third-order valence-electron chi connectivity index (χ3n) is 6.09. The Hall–Kier alpha value is -3.39. The number of hydrogen-bond donors (Lipinski definition) is 4. The Bertz CT molecular complexity index is 987. The van der Waals surface area contributed by atoms with E-state index in [4.69, 9.17) is 9.84 Å². The molecule has 32 heavy (non-hydrogen) atoms. The fourth-order valence-corrected chi connectivity index (χ4v) is 4.19.